The van der Waals surface area contributed by atoms with Crippen LogP contribution >= 0.6 is 12.4 Å². The molecule has 1 fully saturated rings. The van der Waals surface area contributed by atoms with Gasteiger partial charge in [0.2, 0.25) is 0 Å². The summed E-state index contributed by atoms with van der Waals surface area (Å²) in [5.74, 6) is 0.410. The van der Waals surface area contributed by atoms with Gasteiger partial charge in [-0.15, -0.1) is 12.4 Å². The fraction of sp³-hybridized carbons (Fsp3) is 0.550. The molecule has 1 aromatic carbocycles. The van der Waals surface area contributed by atoms with Crippen molar-refractivity contribution in [2.45, 2.75) is 45.6 Å². The zero-order valence-corrected chi connectivity index (χ0v) is 16.7. The molecule has 148 valence electrons. The second-order valence-corrected chi connectivity index (χ2v) is 7.10. The highest BCUT2D eigenvalue weighted by Crippen LogP contribution is 2.20. The Morgan fingerprint density at radius 2 is 1.85 bits per heavy atom. The highest BCUT2D eigenvalue weighted by Gasteiger charge is 2.26. The number of aryl methyl sites for hydroxylation is 1. The number of aromatic nitrogens is 2. The Kier molecular flexibility index (Phi) is 7.80. The first-order chi connectivity index (χ1) is 12.7. The number of piperidine rings is 1. The van der Waals surface area contributed by atoms with Crippen LogP contribution < -0.4 is 11.3 Å². The molecular formula is C20H29ClN4O2. The average Bonchev–Trinajstić information content (AvgIpc) is 2.69. The topological polar surface area (TPSA) is 81.2 Å². The van der Waals surface area contributed by atoms with Crippen LogP contribution in [-0.2, 0) is 6.54 Å². The molecule has 0 radical (unpaired) electrons. The number of carbonyl (C=O) groups is 1. The summed E-state index contributed by atoms with van der Waals surface area (Å²) in [6, 6.07) is 7.29. The second-order valence-electron chi connectivity index (χ2n) is 7.10. The molecular weight excluding hydrogens is 364 g/mol. The van der Waals surface area contributed by atoms with Crippen molar-refractivity contribution >= 4 is 29.1 Å². The number of hydrogen-bond acceptors (Lipinski definition) is 4. The van der Waals surface area contributed by atoms with Crippen LogP contribution in [0.25, 0.3) is 10.8 Å². The van der Waals surface area contributed by atoms with E-state index < -0.39 is 0 Å². The van der Waals surface area contributed by atoms with Gasteiger partial charge in [-0.2, -0.15) is 5.10 Å². The Hall–Kier alpha value is -1.92. The largest absolute Gasteiger partial charge is 0.337 e. The molecule has 1 saturated heterocycles. The maximum absolute atomic E-state index is 13.1. The molecule has 3 rings (SSSR count). The van der Waals surface area contributed by atoms with Crippen molar-refractivity contribution in [3.63, 3.8) is 0 Å². The Morgan fingerprint density at radius 1 is 1.19 bits per heavy atom. The number of nitrogens with zero attached hydrogens (tertiary/aromatic N) is 3. The minimum atomic E-state index is -0.116. The molecule has 2 heterocycles. The van der Waals surface area contributed by atoms with Crippen LogP contribution in [0.4, 0.5) is 0 Å². The standard InChI is InChI=1S/C20H28N4O2.ClH/c1-2-3-6-11-24-19(25)17-8-5-4-7-16(17)18(22-24)20(26)23-12-9-15(14-21)10-13-23;/h4-5,7-8,15H,2-3,6,9-14,21H2,1H3;1H. The zero-order chi connectivity index (χ0) is 18.5. The van der Waals surface area contributed by atoms with Crippen molar-refractivity contribution in [1.29, 1.82) is 0 Å². The summed E-state index contributed by atoms with van der Waals surface area (Å²) < 4.78 is 1.47. The Balaban J connectivity index is 0.00000261. The van der Waals surface area contributed by atoms with Crippen LogP contribution in [0.3, 0.4) is 0 Å². The first-order valence-electron chi connectivity index (χ1n) is 9.65. The smallest absolute Gasteiger partial charge is 0.274 e. The van der Waals surface area contributed by atoms with Gasteiger partial charge in [-0.25, -0.2) is 4.68 Å². The number of likely N-dealkylation sites (tertiary alicyclic amines) is 1. The lowest BCUT2D eigenvalue weighted by Crippen LogP contribution is -2.41. The van der Waals surface area contributed by atoms with Gasteiger partial charge in [0.15, 0.2) is 5.69 Å². The van der Waals surface area contributed by atoms with Crippen LogP contribution in [-0.4, -0.2) is 40.2 Å². The van der Waals surface area contributed by atoms with E-state index in [9.17, 15) is 9.59 Å². The number of benzene rings is 1. The van der Waals surface area contributed by atoms with Gasteiger partial charge in [0, 0.05) is 25.0 Å². The van der Waals surface area contributed by atoms with E-state index in [-0.39, 0.29) is 23.9 Å². The number of carbonyl (C=O) groups excluding carboxylic acids is 1. The third-order valence-corrected chi connectivity index (χ3v) is 5.28. The number of fused-ring (bicyclic) bond motifs is 1. The lowest BCUT2D eigenvalue weighted by atomic mass is 9.97. The first-order valence-corrected chi connectivity index (χ1v) is 9.65. The molecule has 0 aliphatic carbocycles. The number of unbranched alkanes of at least 4 members (excludes halogenated alkanes) is 2. The number of amides is 1. The fourth-order valence-corrected chi connectivity index (χ4v) is 3.58. The lowest BCUT2D eigenvalue weighted by Gasteiger charge is -2.31. The minimum Gasteiger partial charge on any atom is -0.337 e. The molecule has 0 atom stereocenters. The minimum absolute atomic E-state index is 0. The Labute approximate surface area is 166 Å². The normalized spacial score (nSPS) is 15.0. The molecule has 0 bridgehead atoms. The Morgan fingerprint density at radius 3 is 2.48 bits per heavy atom. The van der Waals surface area contributed by atoms with E-state index in [0.29, 0.717) is 48.6 Å². The van der Waals surface area contributed by atoms with Crippen LogP contribution in [0.15, 0.2) is 29.1 Å². The van der Waals surface area contributed by atoms with Crippen LogP contribution in [0.5, 0.6) is 0 Å². The third-order valence-electron chi connectivity index (χ3n) is 5.28. The van der Waals surface area contributed by atoms with Crippen LogP contribution in [0.2, 0.25) is 0 Å². The molecule has 1 aliphatic heterocycles. The second kappa shape index (κ2) is 9.85. The zero-order valence-electron chi connectivity index (χ0n) is 15.9. The van der Waals surface area contributed by atoms with E-state index >= 15 is 0 Å². The fourth-order valence-electron chi connectivity index (χ4n) is 3.58. The molecule has 1 aliphatic rings. The van der Waals surface area contributed by atoms with Gasteiger partial charge in [0.25, 0.3) is 11.5 Å². The number of hydrogen-bond donors (Lipinski definition) is 1. The summed E-state index contributed by atoms with van der Waals surface area (Å²) >= 11 is 0. The molecule has 0 spiro atoms. The molecule has 0 unspecified atom stereocenters. The summed E-state index contributed by atoms with van der Waals surface area (Å²) in [5.41, 5.74) is 6.03. The number of nitrogens with two attached hydrogens (primary N) is 1. The van der Waals surface area contributed by atoms with E-state index in [1.54, 1.807) is 6.07 Å². The van der Waals surface area contributed by atoms with E-state index in [0.717, 1.165) is 32.1 Å². The molecule has 27 heavy (non-hydrogen) atoms. The summed E-state index contributed by atoms with van der Waals surface area (Å²) in [5, 5.41) is 5.69. The molecule has 1 aromatic heterocycles. The van der Waals surface area contributed by atoms with Crippen molar-refractivity contribution in [1.82, 2.24) is 14.7 Å². The van der Waals surface area contributed by atoms with E-state index in [2.05, 4.69) is 12.0 Å². The molecule has 2 N–H and O–H groups in total. The van der Waals surface area contributed by atoms with Crippen LogP contribution in [0, 0.1) is 5.92 Å². The van der Waals surface area contributed by atoms with Crippen LogP contribution in [0.1, 0.15) is 49.5 Å². The highest BCUT2D eigenvalue weighted by atomic mass is 35.5. The maximum Gasteiger partial charge on any atom is 0.274 e. The van der Waals surface area contributed by atoms with Crippen molar-refractivity contribution < 1.29 is 4.79 Å². The molecule has 1 amide bonds. The quantitative estimate of drug-likeness (QED) is 0.766. The summed E-state index contributed by atoms with van der Waals surface area (Å²) in [4.78, 5) is 27.7. The van der Waals surface area contributed by atoms with Gasteiger partial charge in [-0.05, 0) is 37.8 Å². The molecule has 6 nitrogen and oxygen atoms in total. The van der Waals surface area contributed by atoms with Gasteiger partial charge in [-0.3, -0.25) is 9.59 Å². The van der Waals surface area contributed by atoms with Gasteiger partial charge < -0.3 is 10.6 Å². The number of rotatable bonds is 6. The van der Waals surface area contributed by atoms with Gasteiger partial charge in [-0.1, -0.05) is 38.0 Å². The number of halogens is 1. The molecule has 0 saturated carbocycles. The van der Waals surface area contributed by atoms with Crippen molar-refractivity contribution in [3.8, 4) is 0 Å². The van der Waals surface area contributed by atoms with Gasteiger partial charge in [0.05, 0.1) is 5.39 Å². The predicted octanol–water partition coefficient (Wildman–Crippen LogP) is 2.82. The van der Waals surface area contributed by atoms with Crippen molar-refractivity contribution in [3.05, 3.63) is 40.3 Å². The average molecular weight is 393 g/mol. The molecule has 7 heteroatoms. The first kappa shape index (κ1) is 21.4. The Bertz CT molecular complexity index is 828. The van der Waals surface area contributed by atoms with Crippen molar-refractivity contribution in [2.75, 3.05) is 19.6 Å². The lowest BCUT2D eigenvalue weighted by molar-refractivity contribution is 0.0687. The van der Waals surface area contributed by atoms with E-state index in [1.165, 1.54) is 4.68 Å². The maximum atomic E-state index is 13.1. The van der Waals surface area contributed by atoms with E-state index in [4.69, 9.17) is 5.73 Å². The summed E-state index contributed by atoms with van der Waals surface area (Å²) in [7, 11) is 0. The predicted molar refractivity (Wildman–Crippen MR) is 110 cm³/mol. The molecule has 2 aromatic rings. The van der Waals surface area contributed by atoms with Gasteiger partial charge in [0.1, 0.15) is 0 Å². The van der Waals surface area contributed by atoms with E-state index in [1.807, 2.05) is 23.1 Å². The van der Waals surface area contributed by atoms with Crippen molar-refractivity contribution in [2.24, 2.45) is 11.7 Å². The highest BCUT2D eigenvalue weighted by molar-refractivity contribution is 6.04. The third kappa shape index (κ3) is 4.68. The summed E-state index contributed by atoms with van der Waals surface area (Å²) in [6.07, 6.45) is 4.85. The SMILES string of the molecule is CCCCCn1nc(C(=O)N2CCC(CN)CC2)c2ccccc2c1=O.Cl. The monoisotopic (exact) mass is 392 g/mol. The van der Waals surface area contributed by atoms with Gasteiger partial charge >= 0.3 is 0 Å². The summed E-state index contributed by atoms with van der Waals surface area (Å²) in [6.45, 7) is 4.74.